The standard InChI is InChI=1S/C12H13Cl2N/c13-9-5-6-11(14)10(7-9)12(15)8-3-1-2-4-8/h3,5-7,12H,1-2,4,15H2. The first-order valence-corrected chi connectivity index (χ1v) is 5.83. The summed E-state index contributed by atoms with van der Waals surface area (Å²) in [5.41, 5.74) is 8.36. The number of rotatable bonds is 2. The summed E-state index contributed by atoms with van der Waals surface area (Å²) in [7, 11) is 0. The van der Waals surface area contributed by atoms with Gasteiger partial charge in [0.1, 0.15) is 0 Å². The first kappa shape index (κ1) is 11.0. The lowest BCUT2D eigenvalue weighted by Crippen LogP contribution is -2.12. The molecular formula is C12H13Cl2N. The summed E-state index contributed by atoms with van der Waals surface area (Å²) in [5.74, 6) is 0. The Morgan fingerprint density at radius 3 is 2.73 bits per heavy atom. The number of allylic oxidation sites excluding steroid dienone is 1. The molecule has 0 aliphatic heterocycles. The predicted octanol–water partition coefficient (Wildman–Crippen LogP) is 4.10. The third-order valence-electron chi connectivity index (χ3n) is 2.77. The van der Waals surface area contributed by atoms with E-state index in [2.05, 4.69) is 6.08 Å². The van der Waals surface area contributed by atoms with Crippen molar-refractivity contribution in [1.82, 2.24) is 0 Å². The lowest BCUT2D eigenvalue weighted by Gasteiger charge is -2.15. The molecule has 0 heterocycles. The van der Waals surface area contributed by atoms with Crippen molar-refractivity contribution in [3.8, 4) is 0 Å². The van der Waals surface area contributed by atoms with Gasteiger partial charge in [0, 0.05) is 10.0 Å². The second-order valence-corrected chi connectivity index (χ2v) is 4.66. The zero-order valence-electron chi connectivity index (χ0n) is 8.34. The normalized spacial score (nSPS) is 17.7. The fourth-order valence-electron chi connectivity index (χ4n) is 1.93. The molecule has 1 unspecified atom stereocenters. The first-order chi connectivity index (χ1) is 7.18. The average Bonchev–Trinajstić information content (AvgIpc) is 2.74. The Balaban J connectivity index is 2.31. The summed E-state index contributed by atoms with van der Waals surface area (Å²) in [5, 5.41) is 1.38. The summed E-state index contributed by atoms with van der Waals surface area (Å²) < 4.78 is 0. The molecule has 1 aromatic rings. The van der Waals surface area contributed by atoms with Gasteiger partial charge in [-0.15, -0.1) is 0 Å². The molecule has 1 aliphatic rings. The van der Waals surface area contributed by atoms with Crippen molar-refractivity contribution in [2.45, 2.75) is 25.3 Å². The second kappa shape index (κ2) is 4.56. The monoisotopic (exact) mass is 241 g/mol. The number of hydrogen-bond donors (Lipinski definition) is 1. The van der Waals surface area contributed by atoms with Crippen LogP contribution in [0.5, 0.6) is 0 Å². The van der Waals surface area contributed by atoms with Crippen LogP contribution in [0.15, 0.2) is 29.8 Å². The van der Waals surface area contributed by atoms with Gasteiger partial charge in [-0.25, -0.2) is 0 Å². The van der Waals surface area contributed by atoms with Crippen LogP contribution in [0, 0.1) is 0 Å². The van der Waals surface area contributed by atoms with Crippen LogP contribution in [0.25, 0.3) is 0 Å². The van der Waals surface area contributed by atoms with Gasteiger partial charge in [0.15, 0.2) is 0 Å². The number of halogens is 2. The van der Waals surface area contributed by atoms with E-state index in [4.69, 9.17) is 28.9 Å². The van der Waals surface area contributed by atoms with E-state index in [1.165, 1.54) is 12.0 Å². The van der Waals surface area contributed by atoms with Gasteiger partial charge in [0.2, 0.25) is 0 Å². The van der Waals surface area contributed by atoms with E-state index in [1.54, 1.807) is 12.1 Å². The second-order valence-electron chi connectivity index (χ2n) is 3.81. The van der Waals surface area contributed by atoms with Crippen LogP contribution < -0.4 is 5.73 Å². The molecule has 0 amide bonds. The molecule has 0 spiro atoms. The highest BCUT2D eigenvalue weighted by Crippen LogP contribution is 2.33. The minimum Gasteiger partial charge on any atom is -0.320 e. The van der Waals surface area contributed by atoms with Crippen molar-refractivity contribution in [1.29, 1.82) is 0 Å². The number of hydrogen-bond acceptors (Lipinski definition) is 1. The SMILES string of the molecule is NC(C1=CCCC1)c1cc(Cl)ccc1Cl. The van der Waals surface area contributed by atoms with Crippen LogP contribution in [0.1, 0.15) is 30.9 Å². The molecule has 0 fully saturated rings. The van der Waals surface area contributed by atoms with E-state index in [9.17, 15) is 0 Å². The maximum Gasteiger partial charge on any atom is 0.0526 e. The molecule has 1 atom stereocenters. The van der Waals surface area contributed by atoms with E-state index in [-0.39, 0.29) is 6.04 Å². The fraction of sp³-hybridized carbons (Fsp3) is 0.333. The zero-order chi connectivity index (χ0) is 10.8. The molecule has 0 saturated heterocycles. The summed E-state index contributed by atoms with van der Waals surface area (Å²) in [6, 6.07) is 5.34. The number of nitrogens with two attached hydrogens (primary N) is 1. The molecule has 80 valence electrons. The summed E-state index contributed by atoms with van der Waals surface area (Å²) in [4.78, 5) is 0. The average molecular weight is 242 g/mol. The highest BCUT2D eigenvalue weighted by Gasteiger charge is 2.17. The van der Waals surface area contributed by atoms with Crippen molar-refractivity contribution >= 4 is 23.2 Å². The Morgan fingerprint density at radius 2 is 2.07 bits per heavy atom. The van der Waals surface area contributed by atoms with E-state index in [0.717, 1.165) is 18.4 Å². The molecule has 2 N–H and O–H groups in total. The van der Waals surface area contributed by atoms with Gasteiger partial charge in [-0.05, 0) is 43.0 Å². The molecule has 0 saturated carbocycles. The van der Waals surface area contributed by atoms with Gasteiger partial charge in [-0.1, -0.05) is 34.9 Å². The third kappa shape index (κ3) is 2.36. The quantitative estimate of drug-likeness (QED) is 0.776. The predicted molar refractivity (Wildman–Crippen MR) is 65.3 cm³/mol. The van der Waals surface area contributed by atoms with Crippen molar-refractivity contribution in [3.63, 3.8) is 0 Å². The fourth-order valence-corrected chi connectivity index (χ4v) is 2.35. The van der Waals surface area contributed by atoms with Crippen molar-refractivity contribution in [2.75, 3.05) is 0 Å². The highest BCUT2D eigenvalue weighted by atomic mass is 35.5. The van der Waals surface area contributed by atoms with Gasteiger partial charge in [-0.2, -0.15) is 0 Å². The highest BCUT2D eigenvalue weighted by molar-refractivity contribution is 6.33. The molecular weight excluding hydrogens is 229 g/mol. The molecule has 0 radical (unpaired) electrons. The molecule has 1 nitrogen and oxygen atoms in total. The minimum atomic E-state index is -0.0984. The zero-order valence-corrected chi connectivity index (χ0v) is 9.85. The van der Waals surface area contributed by atoms with Crippen LogP contribution in [-0.2, 0) is 0 Å². The molecule has 3 heteroatoms. The van der Waals surface area contributed by atoms with Gasteiger partial charge in [-0.3, -0.25) is 0 Å². The van der Waals surface area contributed by atoms with Gasteiger partial charge < -0.3 is 5.73 Å². The summed E-state index contributed by atoms with van der Waals surface area (Å²) >= 11 is 12.0. The van der Waals surface area contributed by atoms with Crippen LogP contribution >= 0.6 is 23.2 Å². The minimum absolute atomic E-state index is 0.0984. The van der Waals surface area contributed by atoms with Gasteiger partial charge in [0.05, 0.1) is 6.04 Å². The number of benzene rings is 1. The van der Waals surface area contributed by atoms with Crippen LogP contribution in [-0.4, -0.2) is 0 Å². The van der Waals surface area contributed by atoms with Gasteiger partial charge in [0.25, 0.3) is 0 Å². The van der Waals surface area contributed by atoms with Crippen LogP contribution in [0.3, 0.4) is 0 Å². The molecule has 0 bridgehead atoms. The van der Waals surface area contributed by atoms with Crippen LogP contribution in [0.4, 0.5) is 0 Å². The Bertz CT molecular complexity index is 399. The third-order valence-corrected chi connectivity index (χ3v) is 3.35. The van der Waals surface area contributed by atoms with E-state index >= 15 is 0 Å². The smallest absolute Gasteiger partial charge is 0.0526 e. The molecule has 1 aliphatic carbocycles. The largest absolute Gasteiger partial charge is 0.320 e. The topological polar surface area (TPSA) is 26.0 Å². The Kier molecular flexibility index (Phi) is 3.35. The maximum absolute atomic E-state index is 6.16. The van der Waals surface area contributed by atoms with Crippen molar-refractivity contribution in [2.24, 2.45) is 5.73 Å². The maximum atomic E-state index is 6.16. The van der Waals surface area contributed by atoms with E-state index in [1.807, 2.05) is 6.07 Å². The first-order valence-electron chi connectivity index (χ1n) is 5.08. The summed E-state index contributed by atoms with van der Waals surface area (Å²) in [6.07, 6.45) is 5.61. The van der Waals surface area contributed by atoms with Gasteiger partial charge >= 0.3 is 0 Å². The van der Waals surface area contributed by atoms with Crippen LogP contribution in [0.2, 0.25) is 10.0 Å². The molecule has 2 rings (SSSR count). The Morgan fingerprint density at radius 1 is 1.27 bits per heavy atom. The lowest BCUT2D eigenvalue weighted by molar-refractivity contribution is 0.785. The molecule has 1 aromatic carbocycles. The van der Waals surface area contributed by atoms with Crippen molar-refractivity contribution in [3.05, 3.63) is 45.5 Å². The van der Waals surface area contributed by atoms with E-state index in [0.29, 0.717) is 10.0 Å². The lowest BCUT2D eigenvalue weighted by atomic mass is 9.99. The summed E-state index contributed by atoms with van der Waals surface area (Å²) in [6.45, 7) is 0. The molecule has 0 aromatic heterocycles. The molecule has 15 heavy (non-hydrogen) atoms. The van der Waals surface area contributed by atoms with E-state index < -0.39 is 0 Å². The van der Waals surface area contributed by atoms with Crippen molar-refractivity contribution < 1.29 is 0 Å². The Hall–Kier alpha value is -0.500. The Labute approximate surface area is 99.9 Å².